The van der Waals surface area contributed by atoms with Crippen molar-refractivity contribution in [3.05, 3.63) is 35.4 Å². The average Bonchev–Trinajstić information content (AvgIpc) is 2.89. The van der Waals surface area contributed by atoms with Crippen molar-refractivity contribution in [3.63, 3.8) is 0 Å². The van der Waals surface area contributed by atoms with Gasteiger partial charge in [0.15, 0.2) is 0 Å². The number of rotatable bonds is 3. The minimum atomic E-state index is -0.462. The van der Waals surface area contributed by atoms with Gasteiger partial charge in [0.2, 0.25) is 5.91 Å². The SMILES string of the molecule is CC[C@H](NC(=O)N1CCc2ccccc2CC1)C(=O)N1CCOCC1. The van der Waals surface area contributed by atoms with E-state index in [-0.39, 0.29) is 11.9 Å². The summed E-state index contributed by atoms with van der Waals surface area (Å²) in [6.45, 7) is 5.65. The second-order valence-corrected chi connectivity index (χ2v) is 6.60. The summed E-state index contributed by atoms with van der Waals surface area (Å²) in [6, 6.07) is 7.75. The number of urea groups is 1. The van der Waals surface area contributed by atoms with E-state index < -0.39 is 6.04 Å². The Morgan fingerprint density at radius 1 is 1.04 bits per heavy atom. The van der Waals surface area contributed by atoms with E-state index >= 15 is 0 Å². The lowest BCUT2D eigenvalue weighted by molar-refractivity contribution is -0.137. The molecular weight excluding hydrogens is 318 g/mol. The molecule has 1 fully saturated rings. The van der Waals surface area contributed by atoms with Crippen molar-refractivity contribution < 1.29 is 14.3 Å². The molecule has 0 saturated carbocycles. The van der Waals surface area contributed by atoms with E-state index in [1.54, 1.807) is 4.90 Å². The molecular formula is C19H27N3O3. The standard InChI is InChI=1S/C19H27N3O3/c1-2-17(18(23)21-11-13-25-14-12-21)20-19(24)22-9-7-15-5-3-4-6-16(15)8-10-22/h3-6,17H,2,7-14H2,1H3,(H,20,24)/t17-/m0/s1. The van der Waals surface area contributed by atoms with Gasteiger partial charge in [-0.25, -0.2) is 4.79 Å². The molecule has 25 heavy (non-hydrogen) atoms. The van der Waals surface area contributed by atoms with Crippen molar-refractivity contribution in [2.75, 3.05) is 39.4 Å². The van der Waals surface area contributed by atoms with Gasteiger partial charge in [-0.05, 0) is 30.4 Å². The fourth-order valence-electron chi connectivity index (χ4n) is 3.45. The number of ether oxygens (including phenoxy) is 1. The van der Waals surface area contributed by atoms with Crippen LogP contribution in [0.2, 0.25) is 0 Å². The Morgan fingerprint density at radius 2 is 1.64 bits per heavy atom. The van der Waals surface area contributed by atoms with Gasteiger partial charge in [0.05, 0.1) is 13.2 Å². The molecule has 2 heterocycles. The summed E-state index contributed by atoms with van der Waals surface area (Å²) in [5.74, 6) is -0.00254. The van der Waals surface area contributed by atoms with Crippen LogP contribution in [-0.2, 0) is 22.4 Å². The Morgan fingerprint density at radius 3 is 2.20 bits per heavy atom. The number of benzene rings is 1. The van der Waals surface area contributed by atoms with Crippen molar-refractivity contribution in [1.29, 1.82) is 0 Å². The maximum absolute atomic E-state index is 12.7. The summed E-state index contributed by atoms with van der Waals surface area (Å²) in [6.07, 6.45) is 2.31. The van der Waals surface area contributed by atoms with Crippen LogP contribution in [0.4, 0.5) is 4.79 Å². The summed E-state index contributed by atoms with van der Waals surface area (Å²) in [5, 5.41) is 2.94. The van der Waals surface area contributed by atoms with Crippen molar-refractivity contribution in [1.82, 2.24) is 15.1 Å². The van der Waals surface area contributed by atoms with E-state index in [4.69, 9.17) is 4.74 Å². The summed E-state index contributed by atoms with van der Waals surface area (Å²) in [4.78, 5) is 28.9. The van der Waals surface area contributed by atoms with Gasteiger partial charge in [-0.15, -0.1) is 0 Å². The molecule has 0 spiro atoms. The molecule has 6 heteroatoms. The molecule has 2 aliphatic rings. The van der Waals surface area contributed by atoms with E-state index in [0.29, 0.717) is 45.8 Å². The average molecular weight is 345 g/mol. The largest absolute Gasteiger partial charge is 0.378 e. The third kappa shape index (κ3) is 4.31. The van der Waals surface area contributed by atoms with E-state index in [1.807, 2.05) is 24.0 Å². The number of fused-ring (bicyclic) bond motifs is 1. The first-order chi connectivity index (χ1) is 12.2. The van der Waals surface area contributed by atoms with Gasteiger partial charge in [0, 0.05) is 26.2 Å². The number of morpholine rings is 1. The van der Waals surface area contributed by atoms with Crippen LogP contribution in [0.1, 0.15) is 24.5 Å². The number of carbonyl (C=O) groups is 2. The van der Waals surface area contributed by atoms with Crippen molar-refractivity contribution in [2.45, 2.75) is 32.2 Å². The molecule has 1 N–H and O–H groups in total. The van der Waals surface area contributed by atoms with Crippen molar-refractivity contribution in [3.8, 4) is 0 Å². The van der Waals surface area contributed by atoms with Crippen LogP contribution in [0.5, 0.6) is 0 Å². The zero-order valence-corrected chi connectivity index (χ0v) is 14.9. The lowest BCUT2D eigenvalue weighted by Gasteiger charge is -2.31. The second-order valence-electron chi connectivity index (χ2n) is 6.60. The van der Waals surface area contributed by atoms with Gasteiger partial charge >= 0.3 is 6.03 Å². The molecule has 1 saturated heterocycles. The van der Waals surface area contributed by atoms with Crippen molar-refractivity contribution >= 4 is 11.9 Å². The van der Waals surface area contributed by atoms with E-state index in [2.05, 4.69) is 17.4 Å². The lowest BCUT2D eigenvalue weighted by Crippen LogP contribution is -2.54. The van der Waals surface area contributed by atoms with Crippen LogP contribution >= 0.6 is 0 Å². The molecule has 0 aliphatic carbocycles. The molecule has 136 valence electrons. The predicted molar refractivity (Wildman–Crippen MR) is 95.4 cm³/mol. The first-order valence-corrected chi connectivity index (χ1v) is 9.17. The quantitative estimate of drug-likeness (QED) is 0.902. The highest BCUT2D eigenvalue weighted by atomic mass is 16.5. The summed E-state index contributed by atoms with van der Waals surface area (Å²) in [7, 11) is 0. The maximum Gasteiger partial charge on any atom is 0.318 e. The molecule has 3 amide bonds. The van der Waals surface area contributed by atoms with Crippen LogP contribution in [0.25, 0.3) is 0 Å². The first kappa shape index (κ1) is 17.7. The molecule has 0 bridgehead atoms. The fraction of sp³-hybridized carbons (Fsp3) is 0.579. The topological polar surface area (TPSA) is 61.9 Å². The maximum atomic E-state index is 12.7. The minimum absolute atomic E-state index is 0.00254. The van der Waals surface area contributed by atoms with Gasteiger partial charge in [-0.1, -0.05) is 31.2 Å². The number of carbonyl (C=O) groups excluding carboxylic acids is 2. The van der Waals surface area contributed by atoms with Gasteiger partial charge in [-0.3, -0.25) is 4.79 Å². The highest BCUT2D eigenvalue weighted by Gasteiger charge is 2.28. The number of hydrogen-bond donors (Lipinski definition) is 1. The van der Waals surface area contributed by atoms with Crippen LogP contribution in [0.15, 0.2) is 24.3 Å². The Kier molecular flexibility index (Phi) is 5.91. The number of nitrogens with one attached hydrogen (secondary N) is 1. The Balaban J connectivity index is 1.58. The third-order valence-electron chi connectivity index (χ3n) is 5.03. The highest BCUT2D eigenvalue weighted by molar-refractivity contribution is 5.87. The molecule has 2 aliphatic heterocycles. The molecule has 1 aromatic rings. The molecule has 0 aromatic heterocycles. The van der Waals surface area contributed by atoms with Crippen LogP contribution in [0.3, 0.4) is 0 Å². The molecule has 1 aromatic carbocycles. The molecule has 6 nitrogen and oxygen atoms in total. The Labute approximate surface area is 149 Å². The molecule has 1 atom stereocenters. The Hall–Kier alpha value is -2.08. The fourth-order valence-corrected chi connectivity index (χ4v) is 3.45. The van der Waals surface area contributed by atoms with E-state index in [0.717, 1.165) is 12.8 Å². The lowest BCUT2D eigenvalue weighted by atomic mass is 10.0. The normalized spacial score (nSPS) is 18.9. The number of hydrogen-bond acceptors (Lipinski definition) is 3. The minimum Gasteiger partial charge on any atom is -0.378 e. The summed E-state index contributed by atoms with van der Waals surface area (Å²) >= 11 is 0. The van der Waals surface area contributed by atoms with Crippen LogP contribution < -0.4 is 5.32 Å². The summed E-state index contributed by atoms with van der Waals surface area (Å²) < 4.78 is 5.29. The smallest absolute Gasteiger partial charge is 0.318 e. The number of nitrogens with zero attached hydrogens (tertiary/aromatic N) is 2. The van der Waals surface area contributed by atoms with Gasteiger partial charge < -0.3 is 19.9 Å². The van der Waals surface area contributed by atoms with Gasteiger partial charge in [-0.2, -0.15) is 0 Å². The molecule has 0 radical (unpaired) electrons. The summed E-state index contributed by atoms with van der Waals surface area (Å²) in [5.41, 5.74) is 2.63. The molecule has 0 unspecified atom stereocenters. The van der Waals surface area contributed by atoms with E-state index in [1.165, 1.54) is 11.1 Å². The second kappa shape index (κ2) is 8.34. The highest BCUT2D eigenvalue weighted by Crippen LogP contribution is 2.15. The van der Waals surface area contributed by atoms with Gasteiger partial charge in [0.1, 0.15) is 6.04 Å². The van der Waals surface area contributed by atoms with Crippen LogP contribution in [-0.4, -0.2) is 67.2 Å². The third-order valence-corrected chi connectivity index (χ3v) is 5.03. The zero-order valence-electron chi connectivity index (χ0n) is 14.9. The van der Waals surface area contributed by atoms with Gasteiger partial charge in [0.25, 0.3) is 0 Å². The Bertz CT molecular complexity index is 587. The first-order valence-electron chi connectivity index (χ1n) is 9.17. The number of amides is 3. The molecule has 3 rings (SSSR count). The van der Waals surface area contributed by atoms with E-state index in [9.17, 15) is 9.59 Å². The monoisotopic (exact) mass is 345 g/mol. The van der Waals surface area contributed by atoms with Crippen molar-refractivity contribution in [2.24, 2.45) is 0 Å². The zero-order chi connectivity index (χ0) is 17.6. The predicted octanol–water partition coefficient (Wildman–Crippen LogP) is 1.43. The van der Waals surface area contributed by atoms with Crippen LogP contribution in [0, 0.1) is 0 Å².